The van der Waals surface area contributed by atoms with Gasteiger partial charge in [-0.3, -0.25) is 4.72 Å². The quantitative estimate of drug-likeness (QED) is 0.922. The molecule has 0 fully saturated rings. The van der Waals surface area contributed by atoms with E-state index < -0.39 is 15.3 Å². The molecule has 0 aliphatic heterocycles. The van der Waals surface area contributed by atoms with E-state index in [1.54, 1.807) is 24.3 Å². The summed E-state index contributed by atoms with van der Waals surface area (Å²) < 4.78 is 31.2. The van der Waals surface area contributed by atoms with E-state index in [0.717, 1.165) is 0 Å². The number of benzene rings is 1. The minimum atomic E-state index is -3.67. The van der Waals surface area contributed by atoms with Gasteiger partial charge in [0.25, 0.3) is 0 Å². The van der Waals surface area contributed by atoms with Crippen LogP contribution < -0.4 is 9.46 Å². The van der Waals surface area contributed by atoms with Gasteiger partial charge in [0.2, 0.25) is 10.0 Å². The summed E-state index contributed by atoms with van der Waals surface area (Å²) in [5.41, 5.74) is 0.375. The van der Waals surface area contributed by atoms with Crippen LogP contribution in [0.1, 0.15) is 6.92 Å². The number of halogens is 1. The average Bonchev–Trinajstić information content (AvgIpc) is 2.27. The van der Waals surface area contributed by atoms with Crippen molar-refractivity contribution in [3.8, 4) is 11.8 Å². The highest BCUT2D eigenvalue weighted by molar-refractivity contribution is 9.10. The number of hydrogen-bond acceptors (Lipinski definition) is 4. The van der Waals surface area contributed by atoms with Crippen LogP contribution in [0.4, 0.5) is 5.69 Å². The molecule has 0 aliphatic rings. The molecule has 0 radical (unpaired) electrons. The van der Waals surface area contributed by atoms with Gasteiger partial charge in [0.15, 0.2) is 5.25 Å². The molecule has 1 atom stereocenters. The first-order valence-electron chi connectivity index (χ1n) is 4.65. The number of methoxy groups -OCH3 is 1. The lowest BCUT2D eigenvalue weighted by molar-refractivity contribution is 0.412. The highest BCUT2D eigenvalue weighted by atomic mass is 79.9. The second-order valence-electron chi connectivity index (χ2n) is 3.27. The van der Waals surface area contributed by atoms with E-state index in [-0.39, 0.29) is 0 Å². The molecule has 1 aromatic rings. The zero-order valence-corrected chi connectivity index (χ0v) is 11.7. The maximum absolute atomic E-state index is 11.6. The van der Waals surface area contributed by atoms with Crippen molar-refractivity contribution in [2.45, 2.75) is 12.2 Å². The summed E-state index contributed by atoms with van der Waals surface area (Å²) in [5.74, 6) is 0.598. The van der Waals surface area contributed by atoms with E-state index in [0.29, 0.717) is 15.9 Å². The van der Waals surface area contributed by atoms with Crippen LogP contribution in [0.25, 0.3) is 0 Å². The van der Waals surface area contributed by atoms with Gasteiger partial charge >= 0.3 is 0 Å². The Morgan fingerprint density at radius 1 is 1.53 bits per heavy atom. The SMILES string of the molecule is COc1ccc(NS(=O)(=O)C(C)C#N)cc1Br. The van der Waals surface area contributed by atoms with E-state index >= 15 is 0 Å². The first kappa shape index (κ1) is 13.8. The maximum Gasteiger partial charge on any atom is 0.248 e. The summed E-state index contributed by atoms with van der Waals surface area (Å²) in [6.45, 7) is 1.32. The Morgan fingerprint density at radius 2 is 2.18 bits per heavy atom. The molecule has 1 unspecified atom stereocenters. The largest absolute Gasteiger partial charge is 0.496 e. The molecule has 0 saturated heterocycles. The Balaban J connectivity index is 2.98. The Hall–Kier alpha value is -1.26. The number of nitrogens with zero attached hydrogens (tertiary/aromatic N) is 1. The molecule has 0 saturated carbocycles. The third-order valence-electron chi connectivity index (χ3n) is 2.06. The van der Waals surface area contributed by atoms with Crippen molar-refractivity contribution in [1.29, 1.82) is 5.26 Å². The fourth-order valence-corrected chi connectivity index (χ4v) is 2.36. The third kappa shape index (κ3) is 3.35. The first-order valence-corrected chi connectivity index (χ1v) is 6.99. The zero-order chi connectivity index (χ0) is 13.1. The van der Waals surface area contributed by atoms with Crippen LogP contribution in [0.5, 0.6) is 5.75 Å². The molecule has 7 heteroatoms. The van der Waals surface area contributed by atoms with Crippen LogP contribution in [0.3, 0.4) is 0 Å². The molecule has 0 aliphatic carbocycles. The van der Waals surface area contributed by atoms with Gasteiger partial charge in [-0.05, 0) is 41.1 Å². The van der Waals surface area contributed by atoms with Crippen LogP contribution in [-0.4, -0.2) is 20.8 Å². The van der Waals surface area contributed by atoms with Gasteiger partial charge in [0.05, 0.1) is 17.7 Å². The van der Waals surface area contributed by atoms with Crippen LogP contribution >= 0.6 is 15.9 Å². The number of sulfonamides is 1. The molecule has 0 amide bonds. The summed E-state index contributed by atoms with van der Waals surface area (Å²) in [4.78, 5) is 0. The van der Waals surface area contributed by atoms with Gasteiger partial charge in [-0.15, -0.1) is 0 Å². The van der Waals surface area contributed by atoms with Gasteiger partial charge < -0.3 is 4.74 Å². The van der Waals surface area contributed by atoms with Crippen LogP contribution in [-0.2, 0) is 10.0 Å². The third-order valence-corrected chi connectivity index (χ3v) is 4.24. The van der Waals surface area contributed by atoms with Crippen molar-refractivity contribution in [3.05, 3.63) is 22.7 Å². The van der Waals surface area contributed by atoms with Crippen molar-refractivity contribution in [1.82, 2.24) is 0 Å². The average molecular weight is 319 g/mol. The Labute approximate surface area is 109 Å². The second kappa shape index (κ2) is 5.38. The normalized spacial score (nSPS) is 12.6. The van der Waals surface area contributed by atoms with Gasteiger partial charge in [-0.2, -0.15) is 5.26 Å². The van der Waals surface area contributed by atoms with Crippen molar-refractivity contribution in [2.24, 2.45) is 0 Å². The van der Waals surface area contributed by atoms with Gasteiger partial charge in [0.1, 0.15) is 5.75 Å². The number of hydrogen-bond donors (Lipinski definition) is 1. The molecule has 0 heterocycles. The van der Waals surface area contributed by atoms with Crippen molar-refractivity contribution < 1.29 is 13.2 Å². The molecule has 1 rings (SSSR count). The highest BCUT2D eigenvalue weighted by Gasteiger charge is 2.20. The number of nitriles is 1. The highest BCUT2D eigenvalue weighted by Crippen LogP contribution is 2.28. The van der Waals surface area contributed by atoms with E-state index in [1.807, 2.05) is 0 Å². The Kier molecular flexibility index (Phi) is 4.37. The number of ether oxygens (including phenoxy) is 1. The van der Waals surface area contributed by atoms with E-state index in [1.165, 1.54) is 14.0 Å². The summed E-state index contributed by atoms with van der Waals surface area (Å²) in [6.07, 6.45) is 0. The summed E-state index contributed by atoms with van der Waals surface area (Å²) in [7, 11) is -2.16. The van der Waals surface area contributed by atoms with Crippen molar-refractivity contribution in [2.75, 3.05) is 11.8 Å². The standard InChI is InChI=1S/C10H11BrN2O3S/c1-7(6-12)17(14,15)13-8-3-4-10(16-2)9(11)5-8/h3-5,7,13H,1-2H3. The maximum atomic E-state index is 11.6. The molecular formula is C10H11BrN2O3S. The monoisotopic (exact) mass is 318 g/mol. The summed E-state index contributed by atoms with van der Waals surface area (Å²) >= 11 is 3.24. The van der Waals surface area contributed by atoms with E-state index in [2.05, 4.69) is 20.7 Å². The fourth-order valence-electron chi connectivity index (χ4n) is 1.05. The van der Waals surface area contributed by atoms with Crippen LogP contribution in [0, 0.1) is 11.3 Å². The predicted molar refractivity (Wildman–Crippen MR) is 68.3 cm³/mol. The topological polar surface area (TPSA) is 79.2 Å². The predicted octanol–water partition coefficient (Wildman–Crippen LogP) is 2.11. The molecular weight excluding hydrogens is 308 g/mol. The first-order chi connectivity index (χ1) is 7.90. The lowest BCUT2D eigenvalue weighted by Crippen LogP contribution is -2.23. The Bertz CT molecular complexity index is 551. The zero-order valence-electron chi connectivity index (χ0n) is 9.27. The molecule has 5 nitrogen and oxygen atoms in total. The minimum Gasteiger partial charge on any atom is -0.496 e. The van der Waals surface area contributed by atoms with E-state index in [9.17, 15) is 8.42 Å². The fraction of sp³-hybridized carbons (Fsp3) is 0.300. The van der Waals surface area contributed by atoms with Crippen molar-refractivity contribution in [3.63, 3.8) is 0 Å². The molecule has 1 N–H and O–H groups in total. The Morgan fingerprint density at radius 3 is 2.65 bits per heavy atom. The van der Waals surface area contributed by atoms with Crippen LogP contribution in [0.2, 0.25) is 0 Å². The summed E-state index contributed by atoms with van der Waals surface area (Å²) in [5, 5.41) is 7.48. The molecule has 17 heavy (non-hydrogen) atoms. The number of rotatable bonds is 4. The van der Waals surface area contributed by atoms with Gasteiger partial charge in [-0.25, -0.2) is 8.42 Å². The molecule has 1 aromatic carbocycles. The van der Waals surface area contributed by atoms with Crippen LogP contribution in [0.15, 0.2) is 22.7 Å². The van der Waals surface area contributed by atoms with Crippen molar-refractivity contribution >= 4 is 31.6 Å². The molecule has 92 valence electrons. The lowest BCUT2D eigenvalue weighted by atomic mass is 10.3. The lowest BCUT2D eigenvalue weighted by Gasteiger charge is -2.10. The second-order valence-corrected chi connectivity index (χ2v) is 6.12. The van der Waals surface area contributed by atoms with Gasteiger partial charge in [-0.1, -0.05) is 0 Å². The molecule has 0 aromatic heterocycles. The van der Waals surface area contributed by atoms with E-state index in [4.69, 9.17) is 10.00 Å². The minimum absolute atomic E-state index is 0.375. The number of anilines is 1. The smallest absolute Gasteiger partial charge is 0.248 e. The van der Waals surface area contributed by atoms with Gasteiger partial charge in [0, 0.05) is 5.69 Å². The molecule has 0 spiro atoms. The molecule has 0 bridgehead atoms. The number of nitrogens with one attached hydrogen (secondary N) is 1. The summed E-state index contributed by atoms with van der Waals surface area (Å²) in [6, 6.07) is 6.43.